The minimum atomic E-state index is 0.299. The Hall–Kier alpha value is -0.590. The van der Waals surface area contributed by atoms with Crippen molar-refractivity contribution in [1.82, 2.24) is 0 Å². The summed E-state index contributed by atoms with van der Waals surface area (Å²) in [5.41, 5.74) is 2.70. The quantitative estimate of drug-likeness (QED) is 0.496. The molecule has 0 heterocycles. The van der Waals surface area contributed by atoms with Gasteiger partial charge >= 0.3 is 0 Å². The molecule has 0 aliphatic heterocycles. The first-order valence-corrected chi connectivity index (χ1v) is 10.8. The molecule has 0 spiro atoms. The van der Waals surface area contributed by atoms with Gasteiger partial charge in [0.1, 0.15) is 0 Å². The lowest BCUT2D eigenvalue weighted by molar-refractivity contribution is -0.121. The molecule has 3 saturated carbocycles. The average Bonchev–Trinajstić information content (AvgIpc) is 2.82. The van der Waals surface area contributed by atoms with Gasteiger partial charge < -0.3 is 0 Å². The van der Waals surface area contributed by atoms with Crippen molar-refractivity contribution < 1.29 is 4.79 Å². The number of fused-ring (bicyclic) bond motifs is 5. The first-order chi connectivity index (χ1) is 11.6. The molecule has 4 rings (SSSR count). The van der Waals surface area contributed by atoms with Crippen LogP contribution in [0.2, 0.25) is 0 Å². The number of ketones is 1. The molecule has 0 bridgehead atoms. The van der Waals surface area contributed by atoms with E-state index < -0.39 is 0 Å². The van der Waals surface area contributed by atoms with E-state index in [0.717, 1.165) is 42.4 Å². The van der Waals surface area contributed by atoms with E-state index in [1.54, 1.807) is 0 Å². The summed E-state index contributed by atoms with van der Waals surface area (Å²) in [6.45, 7) is 15.0. The van der Waals surface area contributed by atoms with Crippen LogP contribution < -0.4 is 0 Å². The van der Waals surface area contributed by atoms with E-state index in [1.807, 2.05) is 0 Å². The molecule has 0 aromatic heterocycles. The van der Waals surface area contributed by atoms with Gasteiger partial charge in [0, 0.05) is 6.42 Å². The van der Waals surface area contributed by atoms with Gasteiger partial charge in [-0.25, -0.2) is 0 Å². The molecular weight excluding hydrogens is 304 g/mol. The summed E-state index contributed by atoms with van der Waals surface area (Å²) in [6.07, 6.45) is 10.8. The van der Waals surface area contributed by atoms with Crippen LogP contribution in [-0.4, -0.2) is 5.78 Å². The van der Waals surface area contributed by atoms with Crippen molar-refractivity contribution in [3.8, 4) is 0 Å². The summed E-state index contributed by atoms with van der Waals surface area (Å²) in [6, 6.07) is 0. The molecule has 1 nitrogen and oxygen atoms in total. The van der Waals surface area contributed by atoms with Crippen molar-refractivity contribution in [2.75, 3.05) is 0 Å². The molecule has 4 aliphatic carbocycles. The molecule has 0 aromatic carbocycles. The minimum absolute atomic E-state index is 0.299. The summed E-state index contributed by atoms with van der Waals surface area (Å²) in [7, 11) is 0. The van der Waals surface area contributed by atoms with Crippen LogP contribution in [0, 0.1) is 45.8 Å². The summed E-state index contributed by atoms with van der Waals surface area (Å²) in [5, 5.41) is 0. The fourth-order valence-electron chi connectivity index (χ4n) is 7.71. The van der Waals surface area contributed by atoms with Gasteiger partial charge in [-0.05, 0) is 90.4 Å². The van der Waals surface area contributed by atoms with Crippen LogP contribution >= 0.6 is 0 Å². The smallest absolute Gasteiger partial charge is 0.155 e. The van der Waals surface area contributed by atoms with E-state index in [2.05, 4.69) is 47.6 Å². The highest BCUT2D eigenvalue weighted by molar-refractivity contribution is 5.91. The third kappa shape index (κ3) is 2.43. The number of carbonyl (C=O) groups is 1. The van der Waals surface area contributed by atoms with Gasteiger partial charge in [-0.3, -0.25) is 4.79 Å². The molecule has 7 atom stereocenters. The van der Waals surface area contributed by atoms with Crippen LogP contribution in [0.4, 0.5) is 0 Å². The Balaban J connectivity index is 1.81. The number of allylic oxidation sites excluding steroid dienone is 1. The van der Waals surface area contributed by atoms with E-state index in [1.165, 1.54) is 37.7 Å². The molecule has 3 fully saturated rings. The van der Waals surface area contributed by atoms with E-state index >= 15 is 0 Å². The second-order valence-corrected chi connectivity index (χ2v) is 11.5. The van der Waals surface area contributed by atoms with Gasteiger partial charge in [-0.2, -0.15) is 0 Å². The standard InChI is InChI=1S/C24H38O/c1-15-7-8-18-21-19(10-12-23(15,18)5)24(6)11-9-17(25)13-16(24)14-20(21)22(2,3)4/h13,15,18-21H,7-12,14H2,1-6H3/t15-,18-,19-,20+,21-,23+,24-/m0/s1. The van der Waals surface area contributed by atoms with E-state index in [9.17, 15) is 4.79 Å². The monoisotopic (exact) mass is 342 g/mol. The predicted molar refractivity (Wildman–Crippen MR) is 104 cm³/mol. The second-order valence-electron chi connectivity index (χ2n) is 11.5. The lowest BCUT2D eigenvalue weighted by Gasteiger charge is -2.62. The summed E-state index contributed by atoms with van der Waals surface area (Å²) in [4.78, 5) is 12.2. The summed E-state index contributed by atoms with van der Waals surface area (Å²) >= 11 is 0. The van der Waals surface area contributed by atoms with Crippen LogP contribution in [0.15, 0.2) is 11.6 Å². The number of carbonyl (C=O) groups excluding carboxylic acids is 1. The number of rotatable bonds is 0. The molecule has 0 radical (unpaired) electrons. The van der Waals surface area contributed by atoms with Crippen molar-refractivity contribution in [1.29, 1.82) is 0 Å². The molecular formula is C24H38O. The maximum Gasteiger partial charge on any atom is 0.155 e. The zero-order chi connectivity index (χ0) is 18.2. The van der Waals surface area contributed by atoms with Crippen LogP contribution in [0.3, 0.4) is 0 Å². The minimum Gasteiger partial charge on any atom is -0.295 e. The van der Waals surface area contributed by atoms with E-state index in [0.29, 0.717) is 22.0 Å². The highest BCUT2D eigenvalue weighted by Gasteiger charge is 2.61. The molecule has 0 unspecified atom stereocenters. The third-order valence-electron chi connectivity index (χ3n) is 9.60. The Morgan fingerprint density at radius 1 is 1.04 bits per heavy atom. The number of hydrogen-bond acceptors (Lipinski definition) is 1. The Bertz CT molecular complexity index is 608. The highest BCUT2D eigenvalue weighted by atomic mass is 16.1. The van der Waals surface area contributed by atoms with Crippen molar-refractivity contribution >= 4 is 5.78 Å². The van der Waals surface area contributed by atoms with Crippen LogP contribution in [0.1, 0.15) is 86.5 Å². The van der Waals surface area contributed by atoms with Crippen molar-refractivity contribution in [2.24, 2.45) is 45.8 Å². The first kappa shape index (κ1) is 17.8. The van der Waals surface area contributed by atoms with E-state index in [4.69, 9.17) is 0 Å². The normalized spacial score (nSPS) is 49.9. The van der Waals surface area contributed by atoms with Gasteiger partial charge in [0.2, 0.25) is 0 Å². The summed E-state index contributed by atoms with van der Waals surface area (Å²) in [5.74, 6) is 4.57. The van der Waals surface area contributed by atoms with Crippen molar-refractivity contribution in [3.05, 3.63) is 11.6 Å². The molecule has 0 N–H and O–H groups in total. The van der Waals surface area contributed by atoms with E-state index in [-0.39, 0.29) is 0 Å². The molecule has 4 aliphatic rings. The molecule has 25 heavy (non-hydrogen) atoms. The van der Waals surface area contributed by atoms with Gasteiger partial charge in [-0.15, -0.1) is 0 Å². The van der Waals surface area contributed by atoms with Gasteiger partial charge in [0.15, 0.2) is 5.78 Å². The zero-order valence-electron chi connectivity index (χ0n) is 17.3. The Morgan fingerprint density at radius 3 is 2.44 bits per heavy atom. The van der Waals surface area contributed by atoms with Gasteiger partial charge in [0.05, 0.1) is 0 Å². The number of hydrogen-bond donors (Lipinski definition) is 0. The van der Waals surface area contributed by atoms with Crippen molar-refractivity contribution in [2.45, 2.75) is 86.5 Å². The fraction of sp³-hybridized carbons (Fsp3) is 0.875. The lowest BCUT2D eigenvalue weighted by atomic mass is 9.42. The highest BCUT2D eigenvalue weighted by Crippen LogP contribution is 2.69. The molecule has 1 heteroatoms. The SMILES string of the molecule is C[C@H]1CC[C@H]2[C@@H]3[C@H](C(C)(C)C)CC4=CC(=O)CC[C@]4(C)[C@H]3CC[C@]12C. The predicted octanol–water partition coefficient (Wildman–Crippen LogP) is 6.43. The molecule has 0 aromatic rings. The Labute approximate surface area is 155 Å². The third-order valence-corrected chi connectivity index (χ3v) is 9.60. The van der Waals surface area contributed by atoms with Gasteiger partial charge in [-0.1, -0.05) is 47.1 Å². The fourth-order valence-corrected chi connectivity index (χ4v) is 7.71. The summed E-state index contributed by atoms with van der Waals surface area (Å²) < 4.78 is 0. The lowest BCUT2D eigenvalue weighted by Crippen LogP contribution is -2.55. The Morgan fingerprint density at radius 2 is 1.76 bits per heavy atom. The van der Waals surface area contributed by atoms with Crippen LogP contribution in [0.5, 0.6) is 0 Å². The topological polar surface area (TPSA) is 17.1 Å². The molecule has 0 saturated heterocycles. The molecule has 140 valence electrons. The maximum atomic E-state index is 12.2. The first-order valence-electron chi connectivity index (χ1n) is 10.8. The maximum absolute atomic E-state index is 12.2. The van der Waals surface area contributed by atoms with Crippen molar-refractivity contribution in [3.63, 3.8) is 0 Å². The van der Waals surface area contributed by atoms with Gasteiger partial charge in [0.25, 0.3) is 0 Å². The zero-order valence-corrected chi connectivity index (χ0v) is 17.3. The largest absolute Gasteiger partial charge is 0.295 e. The van der Waals surface area contributed by atoms with Crippen LogP contribution in [0.25, 0.3) is 0 Å². The molecule has 0 amide bonds. The average molecular weight is 343 g/mol. The van der Waals surface area contributed by atoms with Crippen LogP contribution in [-0.2, 0) is 4.79 Å². The Kier molecular flexibility index (Phi) is 3.89. The second kappa shape index (κ2) is 5.46.